The summed E-state index contributed by atoms with van der Waals surface area (Å²) in [5.41, 5.74) is 0. The molecule has 2 rings (SSSR count). The highest BCUT2D eigenvalue weighted by molar-refractivity contribution is 5.26. The average Bonchev–Trinajstić information content (AvgIpc) is 3.01. The number of likely N-dealkylation sites (tertiary alicyclic amines) is 1. The molecule has 24 heavy (non-hydrogen) atoms. The molecule has 1 aromatic carbocycles. The van der Waals surface area contributed by atoms with Crippen molar-refractivity contribution in [3.63, 3.8) is 0 Å². The monoisotopic (exact) mass is 353 g/mol. The van der Waals surface area contributed by atoms with Gasteiger partial charge in [0.25, 0.3) is 0 Å². The third-order valence-electron chi connectivity index (χ3n) is 4.37. The quantitative estimate of drug-likeness (QED) is 0.255. The molecule has 0 saturated carbocycles. The van der Waals surface area contributed by atoms with Crippen LogP contribution >= 0.6 is 0 Å². The van der Waals surface area contributed by atoms with E-state index >= 15 is 0 Å². The molecule has 1 saturated heterocycles. The van der Waals surface area contributed by atoms with Gasteiger partial charge in [-0.2, -0.15) is 0 Å². The molecule has 1 fully saturated rings. The van der Waals surface area contributed by atoms with Gasteiger partial charge in [-0.3, -0.25) is 0 Å². The minimum Gasteiger partial charge on any atom is -0.868 e. The Labute approximate surface area is 139 Å². The lowest BCUT2D eigenvalue weighted by atomic mass is 10.2. The molecule has 1 aliphatic rings. The fourth-order valence-corrected chi connectivity index (χ4v) is 2.83. The number of hydrogen-bond acceptors (Lipinski definition) is 1. The molecule has 0 aliphatic carbocycles. The zero-order valence-corrected chi connectivity index (χ0v) is 14.1. The summed E-state index contributed by atoms with van der Waals surface area (Å²) in [5.74, 6) is -13.6. The average molecular weight is 353 g/mol. The lowest BCUT2D eigenvalue weighted by molar-refractivity contribution is -0.897. The number of nitrogens with zero attached hydrogens (tertiary/aromatic N) is 1. The second kappa shape index (κ2) is 9.20. The van der Waals surface area contributed by atoms with Crippen LogP contribution in [-0.2, 0) is 0 Å². The van der Waals surface area contributed by atoms with Gasteiger partial charge in [-0.25, -0.2) is 22.0 Å². The predicted octanol–water partition coefficient (Wildman–Crippen LogP) is 4.26. The Hall–Kier alpha value is -1.37. The van der Waals surface area contributed by atoms with Crippen molar-refractivity contribution >= 4 is 0 Å². The van der Waals surface area contributed by atoms with Crippen LogP contribution in [-0.4, -0.2) is 31.2 Å². The maximum atomic E-state index is 12.1. The van der Waals surface area contributed by atoms with Crippen molar-refractivity contribution in [3.05, 3.63) is 29.1 Å². The van der Waals surface area contributed by atoms with E-state index in [4.69, 9.17) is 0 Å². The van der Waals surface area contributed by atoms with Crippen molar-refractivity contribution in [1.29, 1.82) is 0 Å². The van der Waals surface area contributed by atoms with Crippen LogP contribution in [0.15, 0.2) is 0 Å². The Morgan fingerprint density at radius 1 is 0.792 bits per heavy atom. The Kier molecular flexibility index (Phi) is 7.93. The first-order valence-corrected chi connectivity index (χ1v) is 8.25. The van der Waals surface area contributed by atoms with Crippen LogP contribution in [0.2, 0.25) is 0 Å². The SMILES string of the molecule is CCCCCC[N+]1(C)CCCC1.[O-]c1c(F)c(F)c(F)c(F)c1F. The highest BCUT2D eigenvalue weighted by atomic mass is 19.2. The van der Waals surface area contributed by atoms with Gasteiger partial charge < -0.3 is 9.59 Å². The number of rotatable bonds is 5. The van der Waals surface area contributed by atoms with E-state index in [1.807, 2.05) is 0 Å². The molecule has 0 aromatic heterocycles. The first-order valence-electron chi connectivity index (χ1n) is 8.25. The van der Waals surface area contributed by atoms with Crippen molar-refractivity contribution in [2.75, 3.05) is 26.7 Å². The van der Waals surface area contributed by atoms with Gasteiger partial charge in [0, 0.05) is 12.8 Å². The second-order valence-electron chi connectivity index (χ2n) is 6.46. The van der Waals surface area contributed by atoms with Crippen molar-refractivity contribution in [2.45, 2.75) is 45.4 Å². The van der Waals surface area contributed by atoms with E-state index in [2.05, 4.69) is 14.0 Å². The lowest BCUT2D eigenvalue weighted by Gasteiger charge is -2.29. The molecule has 0 radical (unpaired) electrons. The highest BCUT2D eigenvalue weighted by Gasteiger charge is 2.25. The smallest absolute Gasteiger partial charge is 0.200 e. The van der Waals surface area contributed by atoms with E-state index in [9.17, 15) is 27.1 Å². The molecule has 138 valence electrons. The summed E-state index contributed by atoms with van der Waals surface area (Å²) in [6, 6.07) is 0. The van der Waals surface area contributed by atoms with E-state index < -0.39 is 34.8 Å². The summed E-state index contributed by atoms with van der Waals surface area (Å²) in [6.45, 7) is 6.59. The molecule has 7 heteroatoms. The van der Waals surface area contributed by atoms with Crippen molar-refractivity contribution in [1.82, 2.24) is 0 Å². The van der Waals surface area contributed by atoms with Gasteiger partial charge in [0.05, 0.1) is 26.7 Å². The number of halogens is 5. The zero-order chi connectivity index (χ0) is 18.3. The maximum Gasteiger partial charge on any atom is 0.200 e. The fraction of sp³-hybridized carbons (Fsp3) is 0.647. The van der Waals surface area contributed by atoms with Crippen LogP contribution < -0.4 is 5.11 Å². The van der Waals surface area contributed by atoms with Gasteiger partial charge in [-0.15, -0.1) is 0 Å². The highest BCUT2D eigenvalue weighted by Crippen LogP contribution is 2.25. The lowest BCUT2D eigenvalue weighted by Crippen LogP contribution is -2.41. The molecule has 1 aromatic rings. The van der Waals surface area contributed by atoms with Gasteiger partial charge in [0.15, 0.2) is 29.1 Å². The Morgan fingerprint density at radius 2 is 1.25 bits per heavy atom. The van der Waals surface area contributed by atoms with Crippen LogP contribution in [0.3, 0.4) is 0 Å². The molecule has 0 N–H and O–H groups in total. The Balaban J connectivity index is 0.000000240. The van der Waals surface area contributed by atoms with Crippen molar-refractivity contribution in [3.8, 4) is 5.75 Å². The van der Waals surface area contributed by atoms with Gasteiger partial charge in [-0.05, 0) is 18.6 Å². The molecule has 0 unspecified atom stereocenters. The normalized spacial score (nSPS) is 16.0. The summed E-state index contributed by atoms with van der Waals surface area (Å²) >= 11 is 0. The van der Waals surface area contributed by atoms with E-state index in [-0.39, 0.29) is 0 Å². The minimum atomic E-state index is -2.33. The Morgan fingerprint density at radius 3 is 1.71 bits per heavy atom. The van der Waals surface area contributed by atoms with Crippen molar-refractivity contribution in [2.24, 2.45) is 0 Å². The Bertz CT molecular complexity index is 439. The van der Waals surface area contributed by atoms with Gasteiger partial charge in [0.1, 0.15) is 0 Å². The van der Waals surface area contributed by atoms with E-state index in [1.54, 1.807) is 0 Å². The summed E-state index contributed by atoms with van der Waals surface area (Å²) in [4.78, 5) is 0. The number of benzene rings is 1. The zero-order valence-electron chi connectivity index (χ0n) is 14.1. The maximum absolute atomic E-state index is 12.1. The van der Waals surface area contributed by atoms with E-state index in [0.717, 1.165) is 0 Å². The van der Waals surface area contributed by atoms with Crippen LogP contribution in [0.5, 0.6) is 5.75 Å². The third kappa shape index (κ3) is 5.33. The third-order valence-corrected chi connectivity index (χ3v) is 4.37. The molecule has 0 bridgehead atoms. The van der Waals surface area contributed by atoms with Gasteiger partial charge in [0.2, 0.25) is 0 Å². The summed E-state index contributed by atoms with van der Waals surface area (Å²) < 4.78 is 61.8. The standard InChI is InChI=1S/C11H24N.C6HF5O/c1-3-4-5-6-9-12(2)10-7-8-11-12;7-1-2(8)4(10)6(12)5(11)3(1)9/h3-11H2,1-2H3;12H/q+1;/p-1. The van der Waals surface area contributed by atoms with Crippen LogP contribution in [0.25, 0.3) is 0 Å². The van der Waals surface area contributed by atoms with Crippen LogP contribution in [0, 0.1) is 29.1 Å². The number of hydrogen-bond donors (Lipinski definition) is 0. The molecule has 2 nitrogen and oxygen atoms in total. The second-order valence-corrected chi connectivity index (χ2v) is 6.46. The van der Waals surface area contributed by atoms with Crippen LogP contribution in [0.4, 0.5) is 22.0 Å². The van der Waals surface area contributed by atoms with E-state index in [0.29, 0.717) is 0 Å². The van der Waals surface area contributed by atoms with Crippen LogP contribution in [0.1, 0.15) is 45.4 Å². The molecule has 0 atom stereocenters. The van der Waals surface area contributed by atoms with Gasteiger partial charge in [-0.1, -0.05) is 19.8 Å². The molecule has 0 spiro atoms. The first-order chi connectivity index (χ1) is 11.2. The first kappa shape index (κ1) is 20.7. The van der Waals surface area contributed by atoms with E-state index in [1.165, 1.54) is 62.6 Å². The molecular formula is C17H24F5NO. The fourth-order valence-electron chi connectivity index (χ4n) is 2.83. The minimum absolute atomic E-state index is 1.36. The summed E-state index contributed by atoms with van der Waals surface area (Å²) in [7, 11) is 2.43. The molecule has 1 aliphatic heterocycles. The predicted molar refractivity (Wildman–Crippen MR) is 79.8 cm³/mol. The summed E-state index contributed by atoms with van der Waals surface area (Å²) in [6.07, 6.45) is 8.62. The number of quaternary nitrogens is 1. The number of unbranched alkanes of at least 4 members (excludes halogenated alkanes) is 3. The molecule has 1 heterocycles. The molecule has 0 amide bonds. The van der Waals surface area contributed by atoms with Gasteiger partial charge >= 0.3 is 0 Å². The van der Waals surface area contributed by atoms with Crippen molar-refractivity contribution < 1.29 is 31.5 Å². The largest absolute Gasteiger partial charge is 0.868 e. The summed E-state index contributed by atoms with van der Waals surface area (Å²) in [5, 5.41) is 10.2. The topological polar surface area (TPSA) is 23.1 Å². The molecular weight excluding hydrogens is 329 g/mol.